The Balaban J connectivity index is 2.57. The molecule has 5 nitrogen and oxygen atoms in total. The largest absolute Gasteiger partial charge is 0.396 e. The zero-order chi connectivity index (χ0) is 14.5. The summed E-state index contributed by atoms with van der Waals surface area (Å²) in [6, 6.07) is 9.27. The van der Waals surface area contributed by atoms with Crippen molar-refractivity contribution in [3.8, 4) is 6.07 Å². The van der Waals surface area contributed by atoms with Crippen LogP contribution in [0.1, 0.15) is 13.3 Å². The molecule has 1 aromatic carbocycles. The number of para-hydroxylation sites is 1. The van der Waals surface area contributed by atoms with E-state index < -0.39 is 0 Å². The molecule has 0 amide bonds. The number of benzene rings is 1. The van der Waals surface area contributed by atoms with Crippen LogP contribution >= 0.6 is 11.8 Å². The van der Waals surface area contributed by atoms with Gasteiger partial charge in [-0.1, -0.05) is 23.9 Å². The van der Waals surface area contributed by atoms with Crippen LogP contribution < -0.4 is 5.56 Å². The Morgan fingerprint density at radius 3 is 2.95 bits per heavy atom. The van der Waals surface area contributed by atoms with Gasteiger partial charge in [-0.25, -0.2) is 4.98 Å². The standard InChI is InChI=1S/C14H15N3O2S/c1-10(9-15)20-14-16-12-6-3-2-5-11(12)13(19)17(14)7-4-8-18/h2-3,5-6,10,18H,4,7-8H2,1H3. The number of hydrogen-bond acceptors (Lipinski definition) is 5. The molecule has 0 saturated heterocycles. The Morgan fingerprint density at radius 1 is 1.50 bits per heavy atom. The fourth-order valence-electron chi connectivity index (χ4n) is 1.85. The first-order valence-electron chi connectivity index (χ1n) is 6.34. The van der Waals surface area contributed by atoms with Crippen LogP contribution in [-0.4, -0.2) is 26.5 Å². The number of aromatic nitrogens is 2. The Kier molecular flexibility index (Phi) is 4.77. The van der Waals surface area contributed by atoms with Crippen molar-refractivity contribution in [3.05, 3.63) is 34.6 Å². The molecule has 0 aliphatic rings. The van der Waals surface area contributed by atoms with E-state index >= 15 is 0 Å². The summed E-state index contributed by atoms with van der Waals surface area (Å²) in [4.78, 5) is 16.9. The maximum atomic E-state index is 12.5. The van der Waals surface area contributed by atoms with E-state index in [1.165, 1.54) is 16.3 Å². The monoisotopic (exact) mass is 289 g/mol. The van der Waals surface area contributed by atoms with Gasteiger partial charge in [0.05, 0.1) is 22.2 Å². The summed E-state index contributed by atoms with van der Waals surface area (Å²) in [5.74, 6) is 0. The van der Waals surface area contributed by atoms with Gasteiger partial charge in [-0.15, -0.1) is 0 Å². The molecular formula is C14H15N3O2S. The molecule has 2 rings (SSSR count). The molecule has 0 spiro atoms. The molecular weight excluding hydrogens is 274 g/mol. The van der Waals surface area contributed by atoms with Crippen LogP contribution in [0.25, 0.3) is 10.9 Å². The summed E-state index contributed by atoms with van der Waals surface area (Å²) in [6.07, 6.45) is 0.481. The Labute approximate surface area is 120 Å². The zero-order valence-electron chi connectivity index (χ0n) is 11.1. The molecule has 104 valence electrons. The highest BCUT2D eigenvalue weighted by Gasteiger charge is 2.13. The third-order valence-corrected chi connectivity index (χ3v) is 3.81. The topological polar surface area (TPSA) is 78.9 Å². The van der Waals surface area contributed by atoms with Gasteiger partial charge in [-0.05, 0) is 25.5 Å². The molecule has 2 aromatic rings. The SMILES string of the molecule is CC(C#N)Sc1nc2ccccc2c(=O)n1CCCO. The van der Waals surface area contributed by atoms with Gasteiger partial charge in [-0.2, -0.15) is 5.26 Å². The first kappa shape index (κ1) is 14.6. The minimum absolute atomic E-state index is 0.0111. The molecule has 1 aromatic heterocycles. The van der Waals surface area contributed by atoms with Crippen molar-refractivity contribution >= 4 is 22.7 Å². The van der Waals surface area contributed by atoms with Gasteiger partial charge < -0.3 is 5.11 Å². The number of rotatable bonds is 5. The summed E-state index contributed by atoms with van der Waals surface area (Å²) >= 11 is 1.26. The quantitative estimate of drug-likeness (QED) is 0.670. The van der Waals surface area contributed by atoms with Crippen LogP contribution in [0.15, 0.2) is 34.2 Å². The van der Waals surface area contributed by atoms with Gasteiger partial charge in [0.15, 0.2) is 5.16 Å². The maximum absolute atomic E-state index is 12.5. The molecule has 0 aliphatic heterocycles. The van der Waals surface area contributed by atoms with Crippen molar-refractivity contribution in [3.63, 3.8) is 0 Å². The first-order chi connectivity index (χ1) is 9.67. The lowest BCUT2D eigenvalue weighted by molar-refractivity contribution is 0.276. The molecule has 0 bridgehead atoms. The predicted octanol–water partition coefficient (Wildman–Crippen LogP) is 1.78. The molecule has 1 atom stereocenters. The molecule has 0 saturated carbocycles. The molecule has 1 N–H and O–H groups in total. The lowest BCUT2D eigenvalue weighted by atomic mass is 10.2. The van der Waals surface area contributed by atoms with Crippen molar-refractivity contribution in [2.45, 2.75) is 30.3 Å². The first-order valence-corrected chi connectivity index (χ1v) is 7.22. The molecule has 0 fully saturated rings. The van der Waals surface area contributed by atoms with Crippen LogP contribution in [0.3, 0.4) is 0 Å². The van der Waals surface area contributed by atoms with Crippen LogP contribution in [0.2, 0.25) is 0 Å². The highest BCUT2D eigenvalue weighted by molar-refractivity contribution is 8.00. The third-order valence-electron chi connectivity index (χ3n) is 2.83. The highest BCUT2D eigenvalue weighted by atomic mass is 32.2. The number of aliphatic hydroxyl groups excluding tert-OH is 1. The maximum Gasteiger partial charge on any atom is 0.262 e. The molecule has 6 heteroatoms. The summed E-state index contributed by atoms with van der Waals surface area (Å²) in [5.41, 5.74) is 0.502. The molecule has 0 aliphatic carbocycles. The van der Waals surface area contributed by atoms with Crippen molar-refractivity contribution < 1.29 is 5.11 Å². The number of nitrogens with zero attached hydrogens (tertiary/aromatic N) is 3. The van der Waals surface area contributed by atoms with Crippen molar-refractivity contribution in [1.82, 2.24) is 9.55 Å². The second-order valence-corrected chi connectivity index (χ2v) is 5.64. The van der Waals surface area contributed by atoms with Gasteiger partial charge in [-0.3, -0.25) is 9.36 Å². The van der Waals surface area contributed by atoms with E-state index in [0.717, 1.165) is 0 Å². The highest BCUT2D eigenvalue weighted by Crippen LogP contribution is 2.22. The van der Waals surface area contributed by atoms with Crippen molar-refractivity contribution in [2.24, 2.45) is 0 Å². The fraction of sp³-hybridized carbons (Fsp3) is 0.357. The van der Waals surface area contributed by atoms with E-state index in [2.05, 4.69) is 11.1 Å². The van der Waals surface area contributed by atoms with Gasteiger partial charge in [0, 0.05) is 13.2 Å². The number of nitriles is 1. The molecule has 20 heavy (non-hydrogen) atoms. The van der Waals surface area contributed by atoms with Crippen molar-refractivity contribution in [2.75, 3.05) is 6.61 Å². The smallest absolute Gasteiger partial charge is 0.262 e. The fourth-order valence-corrected chi connectivity index (χ4v) is 2.67. The second-order valence-electron chi connectivity index (χ2n) is 4.33. The summed E-state index contributed by atoms with van der Waals surface area (Å²) in [6.45, 7) is 2.17. The summed E-state index contributed by atoms with van der Waals surface area (Å²) in [7, 11) is 0. The van der Waals surface area contributed by atoms with E-state index in [1.54, 1.807) is 25.1 Å². The number of aliphatic hydroxyl groups is 1. The van der Waals surface area contributed by atoms with Gasteiger partial charge in [0.1, 0.15) is 0 Å². The van der Waals surface area contributed by atoms with E-state index in [1.807, 2.05) is 6.07 Å². The molecule has 1 unspecified atom stereocenters. The minimum Gasteiger partial charge on any atom is -0.396 e. The van der Waals surface area contributed by atoms with Gasteiger partial charge in [0.2, 0.25) is 0 Å². The van der Waals surface area contributed by atoms with Crippen LogP contribution in [0, 0.1) is 11.3 Å². The van der Waals surface area contributed by atoms with E-state index in [0.29, 0.717) is 29.0 Å². The van der Waals surface area contributed by atoms with Crippen LogP contribution in [0.5, 0.6) is 0 Å². The van der Waals surface area contributed by atoms with Crippen molar-refractivity contribution in [1.29, 1.82) is 5.26 Å². The lowest BCUT2D eigenvalue weighted by Gasteiger charge is -2.13. The number of thioether (sulfide) groups is 1. The molecule has 0 radical (unpaired) electrons. The normalized spacial score (nSPS) is 12.2. The van der Waals surface area contributed by atoms with Gasteiger partial charge in [0.25, 0.3) is 5.56 Å². The van der Waals surface area contributed by atoms with Gasteiger partial charge >= 0.3 is 0 Å². The Bertz CT molecular complexity index is 706. The zero-order valence-corrected chi connectivity index (χ0v) is 11.9. The number of hydrogen-bond donors (Lipinski definition) is 1. The summed E-state index contributed by atoms with van der Waals surface area (Å²) < 4.78 is 1.54. The average Bonchev–Trinajstić information content (AvgIpc) is 2.47. The van der Waals surface area contributed by atoms with E-state index in [9.17, 15) is 4.79 Å². The van der Waals surface area contributed by atoms with Crippen LogP contribution in [0.4, 0.5) is 0 Å². The van der Waals surface area contributed by atoms with E-state index in [-0.39, 0.29) is 17.4 Å². The Morgan fingerprint density at radius 2 is 2.25 bits per heavy atom. The second kappa shape index (κ2) is 6.55. The Hall–Kier alpha value is -1.84. The van der Waals surface area contributed by atoms with E-state index in [4.69, 9.17) is 10.4 Å². The lowest BCUT2D eigenvalue weighted by Crippen LogP contribution is -2.24. The summed E-state index contributed by atoms with van der Waals surface area (Å²) in [5, 5.41) is 18.7. The average molecular weight is 289 g/mol. The number of fused-ring (bicyclic) bond motifs is 1. The third kappa shape index (κ3) is 3.00. The predicted molar refractivity (Wildman–Crippen MR) is 78.6 cm³/mol. The molecule has 1 heterocycles. The minimum atomic E-state index is -0.288. The van der Waals surface area contributed by atoms with Crippen LogP contribution in [-0.2, 0) is 6.54 Å².